The van der Waals surface area contributed by atoms with E-state index >= 15 is 0 Å². The molecule has 0 unspecified atom stereocenters. The van der Waals surface area contributed by atoms with Crippen LogP contribution >= 0.6 is 11.8 Å². The lowest BCUT2D eigenvalue weighted by atomic mass is 10.2. The third-order valence-electron chi connectivity index (χ3n) is 5.39. The molecule has 0 radical (unpaired) electrons. The summed E-state index contributed by atoms with van der Waals surface area (Å²) in [7, 11) is 0. The van der Waals surface area contributed by atoms with Gasteiger partial charge in [0.15, 0.2) is 5.69 Å². The number of imidazole rings is 1. The van der Waals surface area contributed by atoms with Crippen LogP contribution in [0.1, 0.15) is 11.3 Å². The van der Waals surface area contributed by atoms with Crippen molar-refractivity contribution in [1.82, 2.24) is 19.5 Å². The summed E-state index contributed by atoms with van der Waals surface area (Å²) in [6, 6.07) is 20.6. The number of nitrogens with one attached hydrogen (secondary N) is 1. The third-order valence-corrected chi connectivity index (χ3v) is 6.33. The number of aromatic nitrogens is 4. The molecule has 1 saturated heterocycles. The number of morpholine rings is 1. The first-order chi connectivity index (χ1) is 16.7. The third kappa shape index (κ3) is 5.54. The number of nitrogens with zero attached hydrogens (tertiary/aromatic N) is 6. The van der Waals surface area contributed by atoms with Crippen molar-refractivity contribution in [1.29, 1.82) is 5.26 Å². The highest BCUT2D eigenvalue weighted by Gasteiger charge is 2.11. The largest absolute Gasteiger partial charge is 0.378 e. The van der Waals surface area contributed by atoms with Crippen LogP contribution in [0.4, 0.5) is 17.3 Å². The predicted octanol–water partition coefficient (Wildman–Crippen LogP) is 4.32. The molecule has 2 aromatic carbocycles. The highest BCUT2D eigenvalue weighted by molar-refractivity contribution is 7.99. The predicted molar refractivity (Wildman–Crippen MR) is 131 cm³/mol. The van der Waals surface area contributed by atoms with Crippen molar-refractivity contribution in [3.05, 3.63) is 84.6 Å². The molecule has 2 aromatic heterocycles. The van der Waals surface area contributed by atoms with E-state index in [9.17, 15) is 0 Å². The van der Waals surface area contributed by atoms with Gasteiger partial charge in [-0.1, -0.05) is 23.9 Å². The number of anilines is 3. The summed E-state index contributed by atoms with van der Waals surface area (Å²) < 4.78 is 7.33. The van der Waals surface area contributed by atoms with Gasteiger partial charge in [0.1, 0.15) is 11.1 Å². The molecule has 4 aromatic rings. The second kappa shape index (κ2) is 10.4. The van der Waals surface area contributed by atoms with Crippen LogP contribution in [0.2, 0.25) is 0 Å². The van der Waals surface area contributed by atoms with E-state index in [1.807, 2.05) is 28.8 Å². The quantitative estimate of drug-likeness (QED) is 0.400. The zero-order chi connectivity index (χ0) is 23.2. The number of nitriles is 1. The molecule has 0 aliphatic carbocycles. The first kappa shape index (κ1) is 21.9. The van der Waals surface area contributed by atoms with Crippen LogP contribution < -0.4 is 10.2 Å². The number of hydrogen-bond acceptors (Lipinski definition) is 8. The molecule has 1 N–H and O–H groups in total. The molecule has 1 fully saturated rings. The van der Waals surface area contributed by atoms with Crippen LogP contribution in [0.5, 0.6) is 0 Å². The normalized spacial score (nSPS) is 13.4. The molecule has 5 rings (SSSR count). The van der Waals surface area contributed by atoms with E-state index in [1.54, 1.807) is 30.5 Å². The van der Waals surface area contributed by atoms with Crippen molar-refractivity contribution >= 4 is 29.1 Å². The Balaban J connectivity index is 1.20. The van der Waals surface area contributed by atoms with Crippen molar-refractivity contribution in [3.63, 3.8) is 0 Å². The van der Waals surface area contributed by atoms with Gasteiger partial charge in [0.05, 0.1) is 19.5 Å². The summed E-state index contributed by atoms with van der Waals surface area (Å²) in [4.78, 5) is 16.5. The molecular weight excluding hydrogens is 446 g/mol. The molecule has 0 bridgehead atoms. The highest BCUT2D eigenvalue weighted by atomic mass is 32.2. The molecule has 8 nitrogen and oxygen atoms in total. The Labute approximate surface area is 202 Å². The number of benzene rings is 2. The molecule has 0 spiro atoms. The second-order valence-corrected chi connectivity index (χ2v) is 8.87. The molecule has 0 atom stereocenters. The smallest absolute Gasteiger partial charge is 0.228 e. The Bertz CT molecular complexity index is 1280. The molecule has 1 aliphatic heterocycles. The molecule has 1 aliphatic rings. The van der Waals surface area contributed by atoms with E-state index in [0.717, 1.165) is 47.5 Å². The van der Waals surface area contributed by atoms with Crippen molar-refractivity contribution in [2.75, 3.05) is 36.5 Å². The fraction of sp³-hybridized carbons (Fsp3) is 0.200. The van der Waals surface area contributed by atoms with E-state index in [4.69, 9.17) is 10.00 Å². The minimum atomic E-state index is 0.424. The number of hydrogen-bond donors (Lipinski definition) is 1. The van der Waals surface area contributed by atoms with Gasteiger partial charge in [0.25, 0.3) is 0 Å². The maximum atomic E-state index is 8.91. The minimum Gasteiger partial charge on any atom is -0.378 e. The van der Waals surface area contributed by atoms with Gasteiger partial charge in [-0.25, -0.2) is 15.0 Å². The van der Waals surface area contributed by atoms with Gasteiger partial charge in [0, 0.05) is 48.3 Å². The maximum absolute atomic E-state index is 8.91. The molecule has 170 valence electrons. The van der Waals surface area contributed by atoms with E-state index in [1.165, 1.54) is 5.69 Å². The highest BCUT2D eigenvalue weighted by Crippen LogP contribution is 2.27. The van der Waals surface area contributed by atoms with Crippen molar-refractivity contribution < 1.29 is 4.74 Å². The molecule has 3 heterocycles. The first-order valence-corrected chi connectivity index (χ1v) is 11.8. The minimum absolute atomic E-state index is 0.424. The average Bonchev–Trinajstić information content (AvgIpc) is 3.34. The Morgan fingerprint density at radius 1 is 1.00 bits per heavy atom. The Morgan fingerprint density at radius 3 is 2.53 bits per heavy atom. The van der Waals surface area contributed by atoms with Crippen LogP contribution in [0.25, 0.3) is 0 Å². The Morgan fingerprint density at radius 2 is 1.79 bits per heavy atom. The fourth-order valence-corrected chi connectivity index (χ4v) is 4.44. The second-order valence-electron chi connectivity index (χ2n) is 7.78. The van der Waals surface area contributed by atoms with E-state index in [-0.39, 0.29) is 0 Å². The first-order valence-electron chi connectivity index (χ1n) is 11.0. The van der Waals surface area contributed by atoms with Crippen LogP contribution in [0, 0.1) is 11.3 Å². The Hall–Kier alpha value is -3.87. The summed E-state index contributed by atoms with van der Waals surface area (Å²) >= 11 is 1.58. The monoisotopic (exact) mass is 469 g/mol. The van der Waals surface area contributed by atoms with E-state index < -0.39 is 0 Å². The van der Waals surface area contributed by atoms with Crippen molar-refractivity contribution in [2.45, 2.75) is 16.5 Å². The lowest BCUT2D eigenvalue weighted by Gasteiger charge is -2.28. The summed E-state index contributed by atoms with van der Waals surface area (Å²) in [6.07, 6.45) is 5.18. The van der Waals surface area contributed by atoms with Crippen LogP contribution in [-0.2, 0) is 11.3 Å². The van der Waals surface area contributed by atoms with Gasteiger partial charge in [-0.05, 0) is 48.0 Å². The molecule has 0 amide bonds. The topological polar surface area (TPSA) is 91.9 Å². The summed E-state index contributed by atoms with van der Waals surface area (Å²) in [5, 5.41) is 13.1. The van der Waals surface area contributed by atoms with Crippen molar-refractivity contribution in [2.24, 2.45) is 0 Å². The van der Waals surface area contributed by atoms with Gasteiger partial charge >= 0.3 is 0 Å². The average molecular weight is 470 g/mol. The Kier molecular flexibility index (Phi) is 6.70. The van der Waals surface area contributed by atoms with Gasteiger partial charge in [-0.3, -0.25) is 0 Å². The van der Waals surface area contributed by atoms with Gasteiger partial charge in [0.2, 0.25) is 5.95 Å². The molecule has 9 heteroatoms. The standard InChI is InChI=1S/C25H23N7OS/c26-15-21-17-31(18-28-21)16-19-1-7-23(8-2-19)34-24-9-10-27-25(30-24)29-20-3-5-22(6-4-20)32-11-13-33-14-12-32/h1-10,17-18H,11-14,16H2,(H,27,29,30). The zero-order valence-electron chi connectivity index (χ0n) is 18.5. The summed E-state index contributed by atoms with van der Waals surface area (Å²) in [5.41, 5.74) is 3.70. The molecule has 34 heavy (non-hydrogen) atoms. The zero-order valence-corrected chi connectivity index (χ0v) is 19.3. The summed E-state index contributed by atoms with van der Waals surface area (Å²) in [6.45, 7) is 4.05. The van der Waals surface area contributed by atoms with Gasteiger partial charge in [-0.15, -0.1) is 0 Å². The lowest BCUT2D eigenvalue weighted by molar-refractivity contribution is 0.122. The lowest BCUT2D eigenvalue weighted by Crippen LogP contribution is -2.36. The van der Waals surface area contributed by atoms with Crippen molar-refractivity contribution in [3.8, 4) is 6.07 Å². The van der Waals surface area contributed by atoms with Gasteiger partial charge < -0.3 is 19.5 Å². The fourth-order valence-electron chi connectivity index (χ4n) is 3.66. The number of ether oxygens (including phenoxy) is 1. The van der Waals surface area contributed by atoms with Crippen LogP contribution in [-0.4, -0.2) is 45.8 Å². The SMILES string of the molecule is N#Cc1cn(Cc2ccc(Sc3ccnc(Nc4ccc(N5CCOCC5)cc4)n3)cc2)cn1. The summed E-state index contributed by atoms with van der Waals surface area (Å²) in [5.74, 6) is 0.564. The van der Waals surface area contributed by atoms with Gasteiger partial charge in [-0.2, -0.15) is 5.26 Å². The van der Waals surface area contributed by atoms with Crippen LogP contribution in [0.15, 0.2) is 83.2 Å². The maximum Gasteiger partial charge on any atom is 0.228 e. The van der Waals surface area contributed by atoms with E-state index in [2.05, 4.69) is 61.6 Å². The molecular formula is C25H23N7OS. The van der Waals surface area contributed by atoms with E-state index in [0.29, 0.717) is 18.2 Å². The molecule has 0 saturated carbocycles. The van der Waals surface area contributed by atoms with Crippen LogP contribution in [0.3, 0.4) is 0 Å². The number of rotatable bonds is 7.